The van der Waals surface area contributed by atoms with Crippen molar-refractivity contribution in [2.45, 2.75) is 65.1 Å². The number of piperidine rings is 1. The number of nitrogens with zero attached hydrogens (tertiary/aromatic N) is 1. The third kappa shape index (κ3) is 4.17. The molecule has 2 aliphatic rings. The normalized spacial score (nSPS) is 38.5. The summed E-state index contributed by atoms with van der Waals surface area (Å²) in [5.74, 6) is 1.66. The molecule has 0 aromatic rings. The van der Waals surface area contributed by atoms with Crippen molar-refractivity contribution in [1.29, 1.82) is 0 Å². The molecule has 2 fully saturated rings. The predicted octanol–water partition coefficient (Wildman–Crippen LogP) is 2.51. The zero-order valence-electron chi connectivity index (χ0n) is 13.2. The fourth-order valence-electron chi connectivity index (χ4n) is 3.72. The van der Waals surface area contributed by atoms with E-state index in [1.54, 1.807) is 0 Å². The molecule has 0 spiro atoms. The Labute approximate surface area is 119 Å². The van der Waals surface area contributed by atoms with Gasteiger partial charge in [-0.25, -0.2) is 0 Å². The Balaban J connectivity index is 1.73. The van der Waals surface area contributed by atoms with E-state index in [9.17, 15) is 0 Å². The monoisotopic (exact) mass is 268 g/mol. The summed E-state index contributed by atoms with van der Waals surface area (Å²) in [6, 6.07) is 1.34. The van der Waals surface area contributed by atoms with Crippen LogP contribution in [-0.4, -0.2) is 49.3 Å². The second kappa shape index (κ2) is 7.05. The van der Waals surface area contributed by atoms with Crippen LogP contribution >= 0.6 is 0 Å². The Morgan fingerprint density at radius 2 is 2.11 bits per heavy atom. The minimum absolute atomic E-state index is 0.462. The van der Waals surface area contributed by atoms with E-state index in [0.29, 0.717) is 12.1 Å². The molecule has 5 atom stereocenters. The van der Waals surface area contributed by atoms with Crippen LogP contribution in [0.25, 0.3) is 0 Å². The Morgan fingerprint density at radius 3 is 2.79 bits per heavy atom. The van der Waals surface area contributed by atoms with Crippen molar-refractivity contribution in [2.24, 2.45) is 11.8 Å². The van der Waals surface area contributed by atoms with Gasteiger partial charge >= 0.3 is 0 Å². The second-order valence-electron chi connectivity index (χ2n) is 6.90. The van der Waals surface area contributed by atoms with Crippen LogP contribution in [-0.2, 0) is 4.74 Å². The third-order valence-corrected chi connectivity index (χ3v) is 5.05. The van der Waals surface area contributed by atoms with E-state index < -0.39 is 0 Å². The molecule has 0 aromatic carbocycles. The second-order valence-corrected chi connectivity index (χ2v) is 6.90. The van der Waals surface area contributed by atoms with Crippen LogP contribution in [0, 0.1) is 11.8 Å². The summed E-state index contributed by atoms with van der Waals surface area (Å²) < 4.78 is 5.66. The zero-order chi connectivity index (χ0) is 13.8. The largest absolute Gasteiger partial charge is 0.377 e. The van der Waals surface area contributed by atoms with Crippen molar-refractivity contribution in [3.63, 3.8) is 0 Å². The number of hydrogen-bond donors (Lipinski definition) is 1. The molecule has 2 aliphatic heterocycles. The SMILES string of the molecule is CC1CC(C)C(C)N(C(C)CNCC2CCCO2)C1. The first-order chi connectivity index (χ1) is 9.08. The highest BCUT2D eigenvalue weighted by Crippen LogP contribution is 2.28. The Bertz CT molecular complexity index is 265. The van der Waals surface area contributed by atoms with E-state index in [4.69, 9.17) is 4.74 Å². The first kappa shape index (κ1) is 15.3. The van der Waals surface area contributed by atoms with Crippen molar-refractivity contribution in [3.8, 4) is 0 Å². The van der Waals surface area contributed by atoms with Crippen molar-refractivity contribution < 1.29 is 4.74 Å². The van der Waals surface area contributed by atoms with Crippen LogP contribution in [0.15, 0.2) is 0 Å². The first-order valence-corrected chi connectivity index (χ1v) is 8.16. The summed E-state index contributed by atoms with van der Waals surface area (Å²) in [5.41, 5.74) is 0. The molecule has 19 heavy (non-hydrogen) atoms. The number of likely N-dealkylation sites (tertiary alicyclic amines) is 1. The third-order valence-electron chi connectivity index (χ3n) is 5.05. The summed E-state index contributed by atoms with van der Waals surface area (Å²) in [7, 11) is 0. The van der Waals surface area contributed by atoms with Gasteiger partial charge in [-0.2, -0.15) is 0 Å². The maximum atomic E-state index is 5.66. The molecule has 2 saturated heterocycles. The highest BCUT2D eigenvalue weighted by molar-refractivity contribution is 4.86. The lowest BCUT2D eigenvalue weighted by atomic mass is 9.85. The summed E-state index contributed by atoms with van der Waals surface area (Å²) in [5, 5.41) is 3.61. The van der Waals surface area contributed by atoms with Crippen molar-refractivity contribution in [2.75, 3.05) is 26.2 Å². The molecule has 2 rings (SSSR count). The van der Waals surface area contributed by atoms with Gasteiger partial charge in [-0.3, -0.25) is 4.90 Å². The van der Waals surface area contributed by atoms with Gasteiger partial charge in [-0.05, 0) is 44.9 Å². The molecule has 0 radical (unpaired) electrons. The zero-order valence-corrected chi connectivity index (χ0v) is 13.2. The van der Waals surface area contributed by atoms with Crippen LogP contribution in [0.5, 0.6) is 0 Å². The molecule has 3 nitrogen and oxygen atoms in total. The van der Waals surface area contributed by atoms with Gasteiger partial charge in [0.2, 0.25) is 0 Å². The standard InChI is InChI=1S/C16H32N2O/c1-12-8-13(2)15(4)18(11-12)14(3)9-17-10-16-6-5-7-19-16/h12-17H,5-11H2,1-4H3. The van der Waals surface area contributed by atoms with Gasteiger partial charge in [-0.15, -0.1) is 0 Å². The minimum atomic E-state index is 0.462. The van der Waals surface area contributed by atoms with Gasteiger partial charge in [0, 0.05) is 38.3 Å². The number of nitrogens with one attached hydrogen (secondary N) is 1. The lowest BCUT2D eigenvalue weighted by molar-refractivity contribution is 0.0442. The molecular formula is C16H32N2O. The van der Waals surface area contributed by atoms with Gasteiger partial charge in [0.05, 0.1) is 6.10 Å². The van der Waals surface area contributed by atoms with Gasteiger partial charge in [0.25, 0.3) is 0 Å². The summed E-state index contributed by atoms with van der Waals surface area (Å²) >= 11 is 0. The van der Waals surface area contributed by atoms with Gasteiger partial charge in [-0.1, -0.05) is 13.8 Å². The molecule has 0 saturated carbocycles. The van der Waals surface area contributed by atoms with Gasteiger partial charge in [0.1, 0.15) is 0 Å². The number of rotatable bonds is 5. The molecule has 0 aromatic heterocycles. The summed E-state index contributed by atoms with van der Waals surface area (Å²) in [6.45, 7) is 13.9. The molecular weight excluding hydrogens is 236 g/mol. The van der Waals surface area contributed by atoms with Crippen LogP contribution in [0.1, 0.15) is 47.0 Å². The van der Waals surface area contributed by atoms with Crippen molar-refractivity contribution >= 4 is 0 Å². The lowest BCUT2D eigenvalue weighted by Crippen LogP contribution is -2.53. The molecule has 0 amide bonds. The van der Waals surface area contributed by atoms with Crippen molar-refractivity contribution in [1.82, 2.24) is 10.2 Å². The maximum absolute atomic E-state index is 5.66. The smallest absolute Gasteiger partial charge is 0.0700 e. The summed E-state index contributed by atoms with van der Waals surface area (Å²) in [6.07, 6.45) is 4.31. The first-order valence-electron chi connectivity index (χ1n) is 8.16. The van der Waals surface area contributed by atoms with Crippen molar-refractivity contribution in [3.05, 3.63) is 0 Å². The van der Waals surface area contributed by atoms with Crippen LogP contribution < -0.4 is 5.32 Å². The Morgan fingerprint density at radius 1 is 1.32 bits per heavy atom. The summed E-state index contributed by atoms with van der Waals surface area (Å²) in [4.78, 5) is 2.70. The number of ether oxygens (including phenoxy) is 1. The number of hydrogen-bond acceptors (Lipinski definition) is 3. The van der Waals surface area contributed by atoms with E-state index in [1.807, 2.05) is 0 Å². The molecule has 3 heteroatoms. The van der Waals surface area contributed by atoms with Crippen LogP contribution in [0.4, 0.5) is 0 Å². The van der Waals surface area contributed by atoms with E-state index in [2.05, 4.69) is 37.9 Å². The molecule has 0 bridgehead atoms. The highest BCUT2D eigenvalue weighted by atomic mass is 16.5. The average Bonchev–Trinajstić information content (AvgIpc) is 2.86. The topological polar surface area (TPSA) is 24.5 Å². The highest BCUT2D eigenvalue weighted by Gasteiger charge is 2.31. The van der Waals surface area contributed by atoms with Gasteiger partial charge in [0.15, 0.2) is 0 Å². The van der Waals surface area contributed by atoms with Gasteiger partial charge < -0.3 is 10.1 Å². The molecule has 1 N–H and O–H groups in total. The average molecular weight is 268 g/mol. The Hall–Kier alpha value is -0.120. The fraction of sp³-hybridized carbons (Fsp3) is 1.00. The quantitative estimate of drug-likeness (QED) is 0.829. The van der Waals surface area contributed by atoms with E-state index in [0.717, 1.165) is 37.6 Å². The lowest BCUT2D eigenvalue weighted by Gasteiger charge is -2.44. The maximum Gasteiger partial charge on any atom is 0.0700 e. The molecule has 112 valence electrons. The predicted molar refractivity (Wildman–Crippen MR) is 80.4 cm³/mol. The Kier molecular flexibility index (Phi) is 5.67. The van der Waals surface area contributed by atoms with Crippen LogP contribution in [0.3, 0.4) is 0 Å². The molecule has 5 unspecified atom stereocenters. The van der Waals surface area contributed by atoms with E-state index >= 15 is 0 Å². The van der Waals surface area contributed by atoms with E-state index in [1.165, 1.54) is 25.8 Å². The molecule has 0 aliphatic carbocycles. The fourth-order valence-corrected chi connectivity index (χ4v) is 3.72. The minimum Gasteiger partial charge on any atom is -0.377 e. The van der Waals surface area contributed by atoms with Crippen LogP contribution in [0.2, 0.25) is 0 Å². The van der Waals surface area contributed by atoms with E-state index in [-0.39, 0.29) is 0 Å². The molecule has 2 heterocycles.